The zero-order valence-corrected chi connectivity index (χ0v) is 14.2. The molecule has 0 nitrogen and oxygen atoms in total. The van der Waals surface area contributed by atoms with Crippen molar-refractivity contribution in [1.82, 2.24) is 0 Å². The molecule has 0 radical (unpaired) electrons. The van der Waals surface area contributed by atoms with Gasteiger partial charge in [-0.2, -0.15) is 0 Å². The quantitative estimate of drug-likeness (QED) is 0.363. The fourth-order valence-electron chi connectivity index (χ4n) is 3.78. The van der Waals surface area contributed by atoms with E-state index < -0.39 is 0 Å². The summed E-state index contributed by atoms with van der Waals surface area (Å²) in [5.41, 5.74) is 8.26. The molecule has 118 valence electrons. The first-order valence-electron chi connectivity index (χ1n) is 9.04. The van der Waals surface area contributed by atoms with Crippen LogP contribution in [-0.2, 0) is 12.8 Å². The van der Waals surface area contributed by atoms with Crippen molar-refractivity contribution < 1.29 is 0 Å². The Morgan fingerprint density at radius 1 is 0.913 bits per heavy atom. The molecular weight excluding hydrogens is 276 g/mol. The third-order valence-corrected chi connectivity index (χ3v) is 5.04. The molecule has 0 heteroatoms. The van der Waals surface area contributed by atoms with Gasteiger partial charge in [0.15, 0.2) is 0 Å². The molecule has 0 amide bonds. The maximum absolute atomic E-state index is 5.77. The predicted octanol–water partition coefficient (Wildman–Crippen LogP) is 6.14. The van der Waals surface area contributed by atoms with Crippen LogP contribution < -0.4 is 0 Å². The lowest BCUT2D eigenvalue weighted by atomic mass is 9.92. The zero-order chi connectivity index (χ0) is 16.1. The van der Waals surface area contributed by atoms with Crippen LogP contribution in [0.4, 0.5) is 0 Å². The van der Waals surface area contributed by atoms with E-state index in [1.54, 1.807) is 0 Å². The number of unbranched alkanes of at least 4 members (excludes halogenated alkanes) is 5. The number of fused-ring (bicyclic) bond motifs is 3. The predicted molar refractivity (Wildman–Crippen MR) is 99.7 cm³/mol. The SMILES string of the molecule is C#Cc1ccc2c(c1CCCCCCCC)Cc1ccccc1-2. The van der Waals surface area contributed by atoms with Crippen molar-refractivity contribution in [3.63, 3.8) is 0 Å². The van der Waals surface area contributed by atoms with E-state index in [0.29, 0.717) is 0 Å². The van der Waals surface area contributed by atoms with Crippen molar-refractivity contribution in [3.8, 4) is 23.5 Å². The van der Waals surface area contributed by atoms with Crippen molar-refractivity contribution in [2.24, 2.45) is 0 Å². The highest BCUT2D eigenvalue weighted by molar-refractivity contribution is 5.79. The van der Waals surface area contributed by atoms with Crippen molar-refractivity contribution in [1.29, 1.82) is 0 Å². The highest BCUT2D eigenvalue weighted by Gasteiger charge is 2.21. The van der Waals surface area contributed by atoms with E-state index in [9.17, 15) is 0 Å². The Morgan fingerprint density at radius 2 is 1.70 bits per heavy atom. The summed E-state index contributed by atoms with van der Waals surface area (Å²) >= 11 is 0. The largest absolute Gasteiger partial charge is 0.115 e. The summed E-state index contributed by atoms with van der Waals surface area (Å²) < 4.78 is 0. The second-order valence-corrected chi connectivity index (χ2v) is 6.61. The van der Waals surface area contributed by atoms with E-state index in [1.165, 1.54) is 66.3 Å². The maximum Gasteiger partial charge on any atom is 0.0277 e. The molecule has 0 heterocycles. The Bertz CT molecular complexity index is 715. The van der Waals surface area contributed by atoms with Crippen LogP contribution in [0.25, 0.3) is 11.1 Å². The Labute approximate surface area is 140 Å². The van der Waals surface area contributed by atoms with Crippen LogP contribution in [0, 0.1) is 12.3 Å². The Balaban J connectivity index is 1.77. The van der Waals surface area contributed by atoms with Crippen molar-refractivity contribution >= 4 is 0 Å². The van der Waals surface area contributed by atoms with Crippen LogP contribution >= 0.6 is 0 Å². The number of hydrogen-bond donors (Lipinski definition) is 0. The molecule has 0 bridgehead atoms. The summed E-state index contributed by atoms with van der Waals surface area (Å²) in [5, 5.41) is 0. The molecule has 0 fully saturated rings. The van der Waals surface area contributed by atoms with Crippen LogP contribution in [0.15, 0.2) is 36.4 Å². The lowest BCUT2D eigenvalue weighted by molar-refractivity contribution is 0.606. The fraction of sp³-hybridized carbons (Fsp3) is 0.391. The number of benzene rings is 2. The van der Waals surface area contributed by atoms with E-state index in [1.807, 2.05) is 0 Å². The highest BCUT2D eigenvalue weighted by atomic mass is 14.2. The van der Waals surface area contributed by atoms with E-state index in [-0.39, 0.29) is 0 Å². The summed E-state index contributed by atoms with van der Waals surface area (Å²) in [7, 11) is 0. The molecule has 3 rings (SSSR count). The van der Waals surface area contributed by atoms with Gasteiger partial charge in [-0.25, -0.2) is 0 Å². The van der Waals surface area contributed by atoms with Crippen molar-refractivity contribution in [2.75, 3.05) is 0 Å². The minimum Gasteiger partial charge on any atom is -0.115 e. The fourth-order valence-corrected chi connectivity index (χ4v) is 3.78. The smallest absolute Gasteiger partial charge is 0.0277 e. The summed E-state index contributed by atoms with van der Waals surface area (Å²) in [4.78, 5) is 0. The Kier molecular flexibility index (Phi) is 5.19. The van der Waals surface area contributed by atoms with E-state index in [4.69, 9.17) is 6.42 Å². The van der Waals surface area contributed by atoms with E-state index in [0.717, 1.165) is 18.4 Å². The first-order chi connectivity index (χ1) is 11.3. The van der Waals surface area contributed by atoms with Gasteiger partial charge in [-0.3, -0.25) is 0 Å². The molecule has 2 aromatic rings. The van der Waals surface area contributed by atoms with Crippen molar-refractivity contribution in [3.05, 3.63) is 58.7 Å². The Hall–Kier alpha value is -2.00. The molecule has 0 aromatic heterocycles. The van der Waals surface area contributed by atoms with Gasteiger partial charge in [0.2, 0.25) is 0 Å². The first-order valence-corrected chi connectivity index (χ1v) is 9.04. The van der Waals surface area contributed by atoms with Crippen LogP contribution in [0.1, 0.15) is 67.7 Å². The van der Waals surface area contributed by atoms with Gasteiger partial charge >= 0.3 is 0 Å². The van der Waals surface area contributed by atoms with Gasteiger partial charge in [0.25, 0.3) is 0 Å². The van der Waals surface area contributed by atoms with Crippen molar-refractivity contribution in [2.45, 2.75) is 58.3 Å². The summed E-state index contributed by atoms with van der Waals surface area (Å²) in [5.74, 6) is 2.91. The molecule has 23 heavy (non-hydrogen) atoms. The highest BCUT2D eigenvalue weighted by Crippen LogP contribution is 2.39. The van der Waals surface area contributed by atoms with Gasteiger partial charge in [-0.05, 0) is 53.1 Å². The third kappa shape index (κ3) is 3.35. The van der Waals surface area contributed by atoms with E-state index in [2.05, 4.69) is 49.2 Å². The molecule has 2 aromatic carbocycles. The second kappa shape index (κ2) is 7.51. The normalized spacial score (nSPS) is 11.8. The van der Waals surface area contributed by atoms with Gasteiger partial charge in [0.05, 0.1) is 0 Å². The average Bonchev–Trinajstić information content (AvgIpc) is 2.97. The molecule has 1 aliphatic carbocycles. The number of rotatable bonds is 7. The van der Waals surface area contributed by atoms with Crippen LogP contribution in [0.3, 0.4) is 0 Å². The van der Waals surface area contributed by atoms with E-state index >= 15 is 0 Å². The Morgan fingerprint density at radius 3 is 2.52 bits per heavy atom. The second-order valence-electron chi connectivity index (χ2n) is 6.61. The molecule has 0 N–H and O–H groups in total. The molecule has 1 aliphatic rings. The topological polar surface area (TPSA) is 0 Å². The lowest BCUT2D eigenvalue weighted by Gasteiger charge is -2.12. The van der Waals surface area contributed by atoms with Crippen LogP contribution in [-0.4, -0.2) is 0 Å². The molecule has 0 atom stereocenters. The minimum absolute atomic E-state index is 1.05. The zero-order valence-electron chi connectivity index (χ0n) is 14.2. The summed E-state index contributed by atoms with van der Waals surface area (Å²) in [6.45, 7) is 2.27. The third-order valence-electron chi connectivity index (χ3n) is 5.04. The summed E-state index contributed by atoms with van der Waals surface area (Å²) in [6, 6.07) is 13.1. The average molecular weight is 302 g/mol. The first kappa shape index (κ1) is 15.9. The van der Waals surface area contributed by atoms with Gasteiger partial charge in [0.1, 0.15) is 0 Å². The molecular formula is C23H26. The lowest BCUT2D eigenvalue weighted by Crippen LogP contribution is -1.98. The molecule has 0 unspecified atom stereocenters. The van der Waals surface area contributed by atoms with Gasteiger partial charge in [0, 0.05) is 5.56 Å². The number of hydrogen-bond acceptors (Lipinski definition) is 0. The monoisotopic (exact) mass is 302 g/mol. The van der Waals surface area contributed by atoms with Gasteiger partial charge in [-0.15, -0.1) is 6.42 Å². The van der Waals surface area contributed by atoms with Crippen LogP contribution in [0.5, 0.6) is 0 Å². The maximum atomic E-state index is 5.77. The van der Waals surface area contributed by atoms with Gasteiger partial charge < -0.3 is 0 Å². The standard InChI is InChI=1S/C23H26/c1-3-5-6-7-8-9-13-20-18(4-2)15-16-22-21-14-11-10-12-19(21)17-23(20)22/h2,10-12,14-16H,3,5-9,13,17H2,1H3. The molecule has 0 aliphatic heterocycles. The molecule has 0 saturated carbocycles. The molecule has 0 spiro atoms. The number of terminal acetylenes is 1. The summed E-state index contributed by atoms with van der Waals surface area (Å²) in [6.07, 6.45) is 15.9. The van der Waals surface area contributed by atoms with Gasteiger partial charge in [-0.1, -0.05) is 75.3 Å². The molecule has 0 saturated heterocycles. The minimum atomic E-state index is 1.05. The van der Waals surface area contributed by atoms with Crippen LogP contribution in [0.2, 0.25) is 0 Å².